The number of aromatic nitrogens is 1. The van der Waals surface area contributed by atoms with Crippen molar-refractivity contribution in [3.8, 4) is 0 Å². The van der Waals surface area contributed by atoms with E-state index in [-0.39, 0.29) is 0 Å². The minimum atomic E-state index is 0.919. The van der Waals surface area contributed by atoms with E-state index in [2.05, 4.69) is 42.2 Å². The van der Waals surface area contributed by atoms with E-state index >= 15 is 0 Å². The van der Waals surface area contributed by atoms with Gasteiger partial charge in [0.25, 0.3) is 0 Å². The molecule has 0 bridgehead atoms. The summed E-state index contributed by atoms with van der Waals surface area (Å²) in [5, 5.41) is 3.30. The Morgan fingerprint density at radius 3 is 2.88 bits per heavy atom. The zero-order valence-electron chi connectivity index (χ0n) is 10.7. The summed E-state index contributed by atoms with van der Waals surface area (Å²) in [4.78, 5) is 6.71. The van der Waals surface area contributed by atoms with Crippen LogP contribution in [-0.4, -0.2) is 30.0 Å². The van der Waals surface area contributed by atoms with Gasteiger partial charge in [0.15, 0.2) is 0 Å². The molecule has 0 spiro atoms. The average Bonchev–Trinajstić information content (AvgIpc) is 2.29. The summed E-state index contributed by atoms with van der Waals surface area (Å²) in [5.41, 5.74) is 1.28. The van der Waals surface area contributed by atoms with Gasteiger partial charge in [0, 0.05) is 24.8 Å². The highest BCUT2D eigenvalue weighted by atomic mass is 15.1. The molecular weight excluding hydrogens is 198 g/mol. The van der Waals surface area contributed by atoms with Crippen molar-refractivity contribution in [2.45, 2.75) is 33.2 Å². The molecule has 1 heterocycles. The predicted octanol–water partition coefficient (Wildman–Crippen LogP) is 2.75. The van der Waals surface area contributed by atoms with Gasteiger partial charge in [-0.05, 0) is 33.0 Å². The summed E-state index contributed by atoms with van der Waals surface area (Å²) in [6, 6.07) is 4.15. The lowest BCUT2D eigenvalue weighted by Gasteiger charge is -2.18. The van der Waals surface area contributed by atoms with Gasteiger partial charge in [0.1, 0.15) is 5.82 Å². The molecule has 0 aliphatic carbocycles. The van der Waals surface area contributed by atoms with Crippen LogP contribution < -0.4 is 5.32 Å². The van der Waals surface area contributed by atoms with Crippen molar-refractivity contribution in [2.24, 2.45) is 0 Å². The maximum Gasteiger partial charge on any atom is 0.130 e. The van der Waals surface area contributed by atoms with Crippen LogP contribution in [0.2, 0.25) is 0 Å². The second-order valence-corrected chi connectivity index (χ2v) is 4.13. The van der Waals surface area contributed by atoms with Crippen molar-refractivity contribution in [3.63, 3.8) is 0 Å². The number of anilines is 1. The van der Waals surface area contributed by atoms with E-state index in [9.17, 15) is 0 Å². The van der Waals surface area contributed by atoms with Crippen LogP contribution in [0.1, 0.15) is 32.3 Å². The Kier molecular flexibility index (Phi) is 5.86. The van der Waals surface area contributed by atoms with Gasteiger partial charge in [0.05, 0.1) is 0 Å². The minimum absolute atomic E-state index is 0.919. The van der Waals surface area contributed by atoms with Crippen molar-refractivity contribution in [1.82, 2.24) is 9.88 Å². The van der Waals surface area contributed by atoms with Crippen LogP contribution in [0.5, 0.6) is 0 Å². The van der Waals surface area contributed by atoms with E-state index in [1.54, 1.807) is 0 Å². The Morgan fingerprint density at radius 2 is 2.19 bits per heavy atom. The highest BCUT2D eigenvalue weighted by Crippen LogP contribution is 2.13. The maximum absolute atomic E-state index is 4.36. The van der Waals surface area contributed by atoms with Crippen LogP contribution in [0.4, 0.5) is 5.82 Å². The number of rotatable bonds is 7. The van der Waals surface area contributed by atoms with Crippen molar-refractivity contribution >= 4 is 5.82 Å². The summed E-state index contributed by atoms with van der Waals surface area (Å²) in [5.74, 6) is 1.02. The SMILES string of the molecule is CCCCN(C)Cc1cccnc1NCC. The summed E-state index contributed by atoms with van der Waals surface area (Å²) >= 11 is 0. The molecule has 0 amide bonds. The second-order valence-electron chi connectivity index (χ2n) is 4.13. The molecule has 0 aliphatic heterocycles. The fraction of sp³-hybridized carbons (Fsp3) is 0.615. The van der Waals surface area contributed by atoms with Crippen molar-refractivity contribution in [1.29, 1.82) is 0 Å². The monoisotopic (exact) mass is 221 g/mol. The van der Waals surface area contributed by atoms with E-state index in [0.717, 1.165) is 25.5 Å². The van der Waals surface area contributed by atoms with E-state index in [0.29, 0.717) is 0 Å². The first kappa shape index (κ1) is 13.0. The van der Waals surface area contributed by atoms with Gasteiger partial charge in [-0.25, -0.2) is 4.98 Å². The Bertz CT molecular complexity index is 299. The summed E-state index contributed by atoms with van der Waals surface area (Å²) in [6.45, 7) is 7.36. The average molecular weight is 221 g/mol. The van der Waals surface area contributed by atoms with Crippen molar-refractivity contribution in [2.75, 3.05) is 25.5 Å². The van der Waals surface area contributed by atoms with Crippen molar-refractivity contribution in [3.05, 3.63) is 23.9 Å². The molecule has 0 saturated carbocycles. The quantitative estimate of drug-likeness (QED) is 0.767. The van der Waals surface area contributed by atoms with Crippen LogP contribution in [0, 0.1) is 0 Å². The fourth-order valence-electron chi connectivity index (χ4n) is 1.69. The lowest BCUT2D eigenvalue weighted by molar-refractivity contribution is 0.321. The summed E-state index contributed by atoms with van der Waals surface area (Å²) < 4.78 is 0. The molecule has 1 aromatic heterocycles. The molecule has 1 N–H and O–H groups in total. The predicted molar refractivity (Wildman–Crippen MR) is 69.6 cm³/mol. The Hall–Kier alpha value is -1.09. The van der Waals surface area contributed by atoms with Gasteiger partial charge >= 0.3 is 0 Å². The molecule has 16 heavy (non-hydrogen) atoms. The first-order valence-electron chi connectivity index (χ1n) is 6.14. The van der Waals surface area contributed by atoms with Crippen LogP contribution in [0.15, 0.2) is 18.3 Å². The molecule has 3 nitrogen and oxygen atoms in total. The number of unbranched alkanes of at least 4 members (excludes halogenated alkanes) is 1. The molecule has 0 unspecified atom stereocenters. The lowest BCUT2D eigenvalue weighted by Crippen LogP contribution is -2.20. The normalized spacial score (nSPS) is 10.8. The molecule has 3 heteroatoms. The third-order valence-electron chi connectivity index (χ3n) is 2.57. The zero-order chi connectivity index (χ0) is 11.8. The summed E-state index contributed by atoms with van der Waals surface area (Å²) in [6.07, 6.45) is 4.35. The second kappa shape index (κ2) is 7.23. The standard InChI is InChI=1S/C13H23N3/c1-4-6-10-16(3)11-12-8-7-9-15-13(12)14-5-2/h7-9H,4-6,10-11H2,1-3H3,(H,14,15). The van der Waals surface area contributed by atoms with E-state index in [1.807, 2.05) is 12.3 Å². The smallest absolute Gasteiger partial charge is 0.130 e. The van der Waals surface area contributed by atoms with Gasteiger partial charge in [-0.1, -0.05) is 19.4 Å². The third kappa shape index (κ3) is 4.19. The summed E-state index contributed by atoms with van der Waals surface area (Å²) in [7, 11) is 2.17. The first-order valence-corrected chi connectivity index (χ1v) is 6.14. The zero-order valence-corrected chi connectivity index (χ0v) is 10.7. The highest BCUT2D eigenvalue weighted by molar-refractivity contribution is 5.43. The lowest BCUT2D eigenvalue weighted by atomic mass is 10.2. The Labute approximate surface area is 98.9 Å². The van der Waals surface area contributed by atoms with Gasteiger partial charge in [-0.2, -0.15) is 0 Å². The van der Waals surface area contributed by atoms with Gasteiger partial charge < -0.3 is 10.2 Å². The Morgan fingerprint density at radius 1 is 1.38 bits per heavy atom. The highest BCUT2D eigenvalue weighted by Gasteiger charge is 2.05. The van der Waals surface area contributed by atoms with Crippen molar-refractivity contribution < 1.29 is 0 Å². The number of pyridine rings is 1. The van der Waals surface area contributed by atoms with Gasteiger partial charge in [-0.3, -0.25) is 0 Å². The molecule has 0 aliphatic rings. The molecule has 90 valence electrons. The number of nitrogens with zero attached hydrogens (tertiary/aromatic N) is 2. The van der Waals surface area contributed by atoms with E-state index in [1.165, 1.54) is 18.4 Å². The maximum atomic E-state index is 4.36. The Balaban J connectivity index is 2.57. The number of hydrogen-bond acceptors (Lipinski definition) is 3. The number of nitrogens with one attached hydrogen (secondary N) is 1. The van der Waals surface area contributed by atoms with Crippen LogP contribution in [-0.2, 0) is 6.54 Å². The topological polar surface area (TPSA) is 28.2 Å². The molecule has 0 radical (unpaired) electrons. The fourth-order valence-corrected chi connectivity index (χ4v) is 1.69. The van der Waals surface area contributed by atoms with Crippen LogP contribution >= 0.6 is 0 Å². The molecule has 1 aromatic rings. The van der Waals surface area contributed by atoms with E-state index in [4.69, 9.17) is 0 Å². The van der Waals surface area contributed by atoms with Crippen LogP contribution in [0.3, 0.4) is 0 Å². The van der Waals surface area contributed by atoms with E-state index < -0.39 is 0 Å². The molecule has 0 atom stereocenters. The molecule has 0 saturated heterocycles. The molecule has 0 aromatic carbocycles. The number of hydrogen-bond donors (Lipinski definition) is 1. The molecule has 0 fully saturated rings. The molecular formula is C13H23N3. The largest absolute Gasteiger partial charge is 0.370 e. The van der Waals surface area contributed by atoms with Crippen LogP contribution in [0.25, 0.3) is 0 Å². The third-order valence-corrected chi connectivity index (χ3v) is 2.57. The molecule has 1 rings (SSSR count). The minimum Gasteiger partial charge on any atom is -0.370 e. The van der Waals surface area contributed by atoms with Gasteiger partial charge in [-0.15, -0.1) is 0 Å². The first-order chi connectivity index (χ1) is 7.77. The van der Waals surface area contributed by atoms with Gasteiger partial charge in [0.2, 0.25) is 0 Å².